The molecule has 0 fully saturated rings. The van der Waals surface area contributed by atoms with Crippen molar-refractivity contribution in [1.82, 2.24) is 10.3 Å². The average Bonchev–Trinajstić information content (AvgIpc) is 3.12. The summed E-state index contributed by atoms with van der Waals surface area (Å²) in [5.41, 5.74) is 1.39. The second kappa shape index (κ2) is 8.10. The van der Waals surface area contributed by atoms with E-state index >= 15 is 0 Å². The molecule has 26 heavy (non-hydrogen) atoms. The van der Waals surface area contributed by atoms with Gasteiger partial charge in [0.2, 0.25) is 0 Å². The molecular formula is C20H19FN2O2S. The lowest BCUT2D eigenvalue weighted by molar-refractivity contribution is 0.0939. The van der Waals surface area contributed by atoms with Gasteiger partial charge in [0.25, 0.3) is 5.91 Å². The van der Waals surface area contributed by atoms with Crippen molar-refractivity contribution in [1.29, 1.82) is 0 Å². The van der Waals surface area contributed by atoms with E-state index in [0.717, 1.165) is 17.1 Å². The summed E-state index contributed by atoms with van der Waals surface area (Å²) in [4.78, 5) is 16.9. The molecule has 1 N–H and O–H groups in total. The highest BCUT2D eigenvalue weighted by Crippen LogP contribution is 2.23. The average molecular weight is 370 g/mol. The number of benzene rings is 2. The van der Waals surface area contributed by atoms with E-state index in [9.17, 15) is 9.18 Å². The lowest BCUT2D eigenvalue weighted by Crippen LogP contribution is -2.26. The van der Waals surface area contributed by atoms with Crippen molar-refractivity contribution < 1.29 is 13.9 Å². The summed E-state index contributed by atoms with van der Waals surface area (Å²) < 4.78 is 18.8. The largest absolute Gasteiger partial charge is 0.457 e. The first-order valence-electron chi connectivity index (χ1n) is 8.34. The maximum absolute atomic E-state index is 13.2. The van der Waals surface area contributed by atoms with Crippen molar-refractivity contribution >= 4 is 17.2 Å². The van der Waals surface area contributed by atoms with Crippen molar-refractivity contribution in [3.05, 3.63) is 76.0 Å². The maximum atomic E-state index is 13.2. The molecule has 4 nitrogen and oxygen atoms in total. The Morgan fingerprint density at radius 3 is 2.65 bits per heavy atom. The number of thiazole rings is 1. The zero-order valence-corrected chi connectivity index (χ0v) is 15.3. The van der Waals surface area contributed by atoms with Crippen LogP contribution in [0, 0.1) is 5.82 Å². The highest BCUT2D eigenvalue weighted by molar-refractivity contribution is 7.09. The highest BCUT2D eigenvalue weighted by atomic mass is 32.1. The van der Waals surface area contributed by atoms with Gasteiger partial charge in [-0.15, -0.1) is 11.3 Å². The normalized spacial score (nSPS) is 11.8. The molecule has 0 saturated heterocycles. The van der Waals surface area contributed by atoms with Crippen LogP contribution in [0.15, 0.2) is 53.9 Å². The van der Waals surface area contributed by atoms with E-state index in [0.29, 0.717) is 17.1 Å². The Morgan fingerprint density at radius 1 is 1.23 bits per heavy atom. The number of carbonyl (C=O) groups is 1. The Kier molecular flexibility index (Phi) is 5.63. The van der Waals surface area contributed by atoms with E-state index < -0.39 is 0 Å². The maximum Gasteiger partial charge on any atom is 0.251 e. The molecule has 1 atom stereocenters. The molecule has 6 heteroatoms. The molecule has 0 spiro atoms. The van der Waals surface area contributed by atoms with Crippen LogP contribution in [-0.2, 0) is 6.42 Å². The van der Waals surface area contributed by atoms with Crippen LogP contribution in [-0.4, -0.2) is 10.9 Å². The van der Waals surface area contributed by atoms with Crippen LogP contribution in [0.2, 0.25) is 0 Å². The quantitative estimate of drug-likeness (QED) is 0.654. The summed E-state index contributed by atoms with van der Waals surface area (Å²) in [5, 5.41) is 5.97. The smallest absolute Gasteiger partial charge is 0.251 e. The van der Waals surface area contributed by atoms with Crippen molar-refractivity contribution in [2.75, 3.05) is 0 Å². The monoisotopic (exact) mass is 370 g/mol. The van der Waals surface area contributed by atoms with E-state index in [1.165, 1.54) is 12.1 Å². The summed E-state index contributed by atoms with van der Waals surface area (Å²) in [6.45, 7) is 3.97. The summed E-state index contributed by atoms with van der Waals surface area (Å²) in [6, 6.07) is 12.5. The minimum Gasteiger partial charge on any atom is -0.457 e. The number of aromatic nitrogens is 1. The van der Waals surface area contributed by atoms with Crippen LogP contribution in [0.4, 0.5) is 4.39 Å². The summed E-state index contributed by atoms with van der Waals surface area (Å²) >= 11 is 1.60. The zero-order chi connectivity index (χ0) is 18.5. The molecule has 2 aromatic carbocycles. The molecule has 0 aliphatic rings. The van der Waals surface area contributed by atoms with Gasteiger partial charge in [0.05, 0.1) is 16.7 Å². The third-order valence-corrected chi connectivity index (χ3v) is 4.82. The van der Waals surface area contributed by atoms with E-state index in [1.54, 1.807) is 47.7 Å². The number of hydrogen-bond donors (Lipinski definition) is 1. The van der Waals surface area contributed by atoms with Crippen molar-refractivity contribution in [2.24, 2.45) is 0 Å². The minimum atomic E-state index is -0.360. The van der Waals surface area contributed by atoms with Crippen molar-refractivity contribution in [3.8, 4) is 11.5 Å². The lowest BCUT2D eigenvalue weighted by atomic mass is 10.2. The third-order valence-electron chi connectivity index (χ3n) is 3.81. The van der Waals surface area contributed by atoms with Gasteiger partial charge in [-0.1, -0.05) is 13.0 Å². The van der Waals surface area contributed by atoms with E-state index in [-0.39, 0.29) is 17.8 Å². The third kappa shape index (κ3) is 4.46. The van der Waals surface area contributed by atoms with Gasteiger partial charge < -0.3 is 10.1 Å². The molecule has 0 radical (unpaired) electrons. The van der Waals surface area contributed by atoms with Gasteiger partial charge in [-0.3, -0.25) is 4.79 Å². The SMILES string of the molecule is CCc1nc(C(C)NC(=O)c2ccc(Oc3cccc(F)c3)cc2)cs1. The predicted octanol–water partition coefficient (Wildman–Crippen LogP) is 5.13. The number of rotatable bonds is 6. The number of ether oxygens (including phenoxy) is 1. The van der Waals surface area contributed by atoms with E-state index in [2.05, 4.69) is 17.2 Å². The summed E-state index contributed by atoms with van der Waals surface area (Å²) in [7, 11) is 0. The first kappa shape index (κ1) is 18.1. The van der Waals surface area contributed by atoms with E-state index in [4.69, 9.17) is 4.74 Å². The van der Waals surface area contributed by atoms with Crippen LogP contribution in [0.5, 0.6) is 11.5 Å². The first-order valence-corrected chi connectivity index (χ1v) is 9.21. The number of nitrogens with zero attached hydrogens (tertiary/aromatic N) is 1. The van der Waals surface area contributed by atoms with Crippen LogP contribution < -0.4 is 10.1 Å². The predicted molar refractivity (Wildman–Crippen MR) is 100 cm³/mol. The molecule has 1 aromatic heterocycles. The fourth-order valence-corrected chi connectivity index (χ4v) is 3.22. The Bertz CT molecular complexity index is 893. The number of nitrogens with one attached hydrogen (secondary N) is 1. The Morgan fingerprint density at radius 2 is 2.00 bits per heavy atom. The lowest BCUT2D eigenvalue weighted by Gasteiger charge is -2.12. The number of amides is 1. The molecule has 0 aliphatic heterocycles. The van der Waals surface area contributed by atoms with Gasteiger partial charge in [0.1, 0.15) is 17.3 Å². The summed E-state index contributed by atoms with van der Waals surface area (Å²) in [6.07, 6.45) is 0.887. The van der Waals surface area contributed by atoms with Crippen LogP contribution >= 0.6 is 11.3 Å². The second-order valence-corrected chi connectivity index (χ2v) is 6.74. The molecule has 3 rings (SSSR count). The van der Waals surface area contributed by atoms with Crippen LogP contribution in [0.1, 0.15) is 40.9 Å². The van der Waals surface area contributed by atoms with Gasteiger partial charge in [0, 0.05) is 17.0 Å². The standard InChI is InChI=1S/C20H19FN2O2S/c1-3-19-23-18(12-26-19)13(2)22-20(24)14-7-9-16(10-8-14)25-17-6-4-5-15(21)11-17/h4-13H,3H2,1-2H3,(H,22,24). The van der Waals surface area contributed by atoms with E-state index in [1.807, 2.05) is 12.3 Å². The number of halogens is 1. The fraction of sp³-hybridized carbons (Fsp3) is 0.200. The van der Waals surface area contributed by atoms with Crippen LogP contribution in [0.3, 0.4) is 0 Å². The molecule has 0 saturated carbocycles. The van der Waals surface area contributed by atoms with Crippen LogP contribution in [0.25, 0.3) is 0 Å². The van der Waals surface area contributed by atoms with Crippen molar-refractivity contribution in [2.45, 2.75) is 26.3 Å². The molecule has 1 heterocycles. The van der Waals surface area contributed by atoms with Gasteiger partial charge in [-0.2, -0.15) is 0 Å². The molecular weight excluding hydrogens is 351 g/mol. The highest BCUT2D eigenvalue weighted by Gasteiger charge is 2.14. The second-order valence-electron chi connectivity index (χ2n) is 5.80. The molecule has 3 aromatic rings. The molecule has 134 valence electrons. The summed E-state index contributed by atoms with van der Waals surface area (Å²) in [5.74, 6) is 0.403. The number of hydrogen-bond acceptors (Lipinski definition) is 4. The van der Waals surface area contributed by atoms with Gasteiger partial charge in [0.15, 0.2) is 0 Å². The van der Waals surface area contributed by atoms with Gasteiger partial charge >= 0.3 is 0 Å². The first-order chi connectivity index (χ1) is 12.5. The Balaban J connectivity index is 1.63. The van der Waals surface area contributed by atoms with Gasteiger partial charge in [-0.25, -0.2) is 9.37 Å². The molecule has 1 unspecified atom stereocenters. The molecule has 0 bridgehead atoms. The number of aryl methyl sites for hydroxylation is 1. The minimum absolute atomic E-state index is 0.165. The zero-order valence-electron chi connectivity index (χ0n) is 14.5. The van der Waals surface area contributed by atoms with Gasteiger partial charge in [-0.05, 0) is 49.7 Å². The number of carbonyl (C=O) groups excluding carboxylic acids is 1. The fourth-order valence-electron chi connectivity index (χ4n) is 2.38. The molecule has 1 amide bonds. The van der Waals surface area contributed by atoms with Crippen molar-refractivity contribution in [3.63, 3.8) is 0 Å². The Hall–Kier alpha value is -2.73. The molecule has 0 aliphatic carbocycles. The topological polar surface area (TPSA) is 51.2 Å². The Labute approximate surface area is 155 Å².